The summed E-state index contributed by atoms with van der Waals surface area (Å²) < 4.78 is 0. The van der Waals surface area contributed by atoms with Crippen LogP contribution in [0.3, 0.4) is 0 Å². The van der Waals surface area contributed by atoms with Gasteiger partial charge in [0.25, 0.3) is 0 Å². The molecule has 0 aliphatic heterocycles. The van der Waals surface area contributed by atoms with Crippen molar-refractivity contribution in [2.24, 2.45) is 0 Å². The van der Waals surface area contributed by atoms with Crippen LogP contribution in [0.4, 0.5) is 0 Å². The van der Waals surface area contributed by atoms with Crippen LogP contribution in [0.1, 0.15) is 5.56 Å². The largest absolute Gasteiger partial charge is 0.507 e. The first-order valence-corrected chi connectivity index (χ1v) is 4.42. The van der Waals surface area contributed by atoms with Gasteiger partial charge in [0, 0.05) is 28.4 Å². The zero-order valence-electron chi connectivity index (χ0n) is 7.95. The van der Waals surface area contributed by atoms with E-state index in [9.17, 15) is 9.90 Å². The van der Waals surface area contributed by atoms with E-state index in [1.807, 2.05) is 6.07 Å². The van der Waals surface area contributed by atoms with Gasteiger partial charge >= 0.3 is 0 Å². The van der Waals surface area contributed by atoms with Crippen molar-refractivity contribution in [1.82, 2.24) is 10.3 Å². The zero-order chi connectivity index (χ0) is 10.8. The van der Waals surface area contributed by atoms with E-state index in [2.05, 4.69) is 16.9 Å². The maximum absolute atomic E-state index is 10.2. The number of aromatic amines is 1. The molecule has 0 spiro atoms. The second kappa shape index (κ2) is 3.49. The Balaban J connectivity index is 2.53. The van der Waals surface area contributed by atoms with E-state index in [0.29, 0.717) is 17.7 Å². The van der Waals surface area contributed by atoms with Gasteiger partial charge in [0.1, 0.15) is 5.75 Å². The average Bonchev–Trinajstić information content (AvgIpc) is 2.66. The third-order valence-corrected chi connectivity index (χ3v) is 2.23. The third-order valence-electron chi connectivity index (χ3n) is 2.23. The molecule has 2 rings (SSSR count). The number of carbonyl (C=O) groups is 1. The lowest BCUT2D eigenvalue weighted by Crippen LogP contribution is -2.07. The Hall–Kier alpha value is -2.23. The smallest absolute Gasteiger partial charge is 0.211 e. The van der Waals surface area contributed by atoms with E-state index in [1.54, 1.807) is 18.3 Å². The molecule has 1 aromatic heterocycles. The van der Waals surface area contributed by atoms with Gasteiger partial charge in [-0.25, -0.2) is 0 Å². The quantitative estimate of drug-likeness (QED) is 0.662. The minimum Gasteiger partial charge on any atom is -0.507 e. The number of hydrogen-bond acceptors (Lipinski definition) is 2. The van der Waals surface area contributed by atoms with Gasteiger partial charge in [0.2, 0.25) is 6.41 Å². The summed E-state index contributed by atoms with van der Waals surface area (Å²) >= 11 is 0. The Kier molecular flexibility index (Phi) is 2.17. The molecule has 0 radical (unpaired) electrons. The third kappa shape index (κ3) is 1.57. The maximum atomic E-state index is 10.2. The molecule has 4 nitrogen and oxygen atoms in total. The van der Waals surface area contributed by atoms with Crippen molar-refractivity contribution in [2.45, 2.75) is 0 Å². The summed E-state index contributed by atoms with van der Waals surface area (Å²) in [5.74, 6) is 0.164. The van der Waals surface area contributed by atoms with E-state index >= 15 is 0 Å². The first-order valence-electron chi connectivity index (χ1n) is 4.42. The topological polar surface area (TPSA) is 65.1 Å². The fourth-order valence-electron chi connectivity index (χ4n) is 1.48. The molecule has 2 aromatic rings. The number of rotatable bonds is 3. The molecular weight excluding hydrogens is 192 g/mol. The number of phenolic OH excluding ortho intramolecular Hbond substituents is 1. The number of nitrogens with one attached hydrogen (secondary N) is 2. The van der Waals surface area contributed by atoms with Crippen molar-refractivity contribution >= 4 is 23.0 Å². The molecule has 0 saturated heterocycles. The van der Waals surface area contributed by atoms with Crippen LogP contribution in [0.25, 0.3) is 16.6 Å². The molecule has 3 N–H and O–H groups in total. The van der Waals surface area contributed by atoms with Crippen LogP contribution in [0, 0.1) is 0 Å². The predicted octanol–water partition coefficient (Wildman–Crippen LogP) is 1.59. The fraction of sp³-hybridized carbons (Fsp3) is 0. The standard InChI is InChI=1S/C11H10N2O2/c1-7(13-6-14)8-4-10-9(2-3-12-10)11(15)5-8/h2-6,12,15H,1H2,(H,13,14). The molecular formula is C11H10N2O2. The van der Waals surface area contributed by atoms with Crippen LogP contribution < -0.4 is 5.32 Å². The molecule has 0 atom stereocenters. The number of H-pyrrole nitrogens is 1. The van der Waals surface area contributed by atoms with Crippen molar-refractivity contribution in [3.63, 3.8) is 0 Å². The molecule has 1 amide bonds. The minimum atomic E-state index is 0.164. The summed E-state index contributed by atoms with van der Waals surface area (Å²) in [5.41, 5.74) is 1.94. The first-order chi connectivity index (χ1) is 7.22. The van der Waals surface area contributed by atoms with Gasteiger partial charge in [-0.2, -0.15) is 0 Å². The van der Waals surface area contributed by atoms with Gasteiger partial charge in [0.15, 0.2) is 0 Å². The Morgan fingerprint density at radius 3 is 3.07 bits per heavy atom. The number of fused-ring (bicyclic) bond motifs is 1. The van der Waals surface area contributed by atoms with Crippen LogP contribution in [0.5, 0.6) is 5.75 Å². The number of aromatic nitrogens is 1. The normalized spacial score (nSPS) is 10.1. The van der Waals surface area contributed by atoms with Crippen LogP contribution in [-0.4, -0.2) is 16.5 Å². The minimum absolute atomic E-state index is 0.164. The number of benzene rings is 1. The Bertz CT molecular complexity index is 528. The van der Waals surface area contributed by atoms with Gasteiger partial charge in [-0.1, -0.05) is 6.58 Å². The molecule has 0 saturated carbocycles. The van der Waals surface area contributed by atoms with Gasteiger partial charge in [-0.3, -0.25) is 4.79 Å². The molecule has 4 heteroatoms. The van der Waals surface area contributed by atoms with Gasteiger partial charge in [-0.15, -0.1) is 0 Å². The molecule has 15 heavy (non-hydrogen) atoms. The van der Waals surface area contributed by atoms with Crippen molar-refractivity contribution in [3.05, 3.63) is 36.5 Å². The van der Waals surface area contributed by atoms with Crippen molar-refractivity contribution in [2.75, 3.05) is 0 Å². The van der Waals surface area contributed by atoms with E-state index < -0.39 is 0 Å². The predicted molar refractivity (Wildman–Crippen MR) is 58.2 cm³/mol. The Morgan fingerprint density at radius 1 is 1.53 bits per heavy atom. The lowest BCUT2D eigenvalue weighted by atomic mass is 10.1. The van der Waals surface area contributed by atoms with Gasteiger partial charge < -0.3 is 15.4 Å². The van der Waals surface area contributed by atoms with Crippen molar-refractivity contribution < 1.29 is 9.90 Å². The van der Waals surface area contributed by atoms with Gasteiger partial charge in [0.05, 0.1) is 0 Å². The Labute approximate surface area is 86.2 Å². The van der Waals surface area contributed by atoms with E-state index in [1.165, 1.54) is 0 Å². The summed E-state index contributed by atoms with van der Waals surface area (Å²) in [4.78, 5) is 13.2. The summed E-state index contributed by atoms with van der Waals surface area (Å²) in [6, 6.07) is 5.16. The molecule has 0 bridgehead atoms. The highest BCUT2D eigenvalue weighted by atomic mass is 16.3. The summed E-state index contributed by atoms with van der Waals surface area (Å²) in [5, 5.41) is 12.9. The van der Waals surface area contributed by atoms with Crippen LogP contribution in [-0.2, 0) is 4.79 Å². The van der Waals surface area contributed by atoms with Crippen molar-refractivity contribution in [3.8, 4) is 5.75 Å². The summed E-state index contributed by atoms with van der Waals surface area (Å²) in [7, 11) is 0. The number of hydrogen-bond donors (Lipinski definition) is 3. The highest BCUT2D eigenvalue weighted by molar-refractivity contribution is 5.89. The SMILES string of the molecule is C=C(NC=O)c1cc(O)c2cc[nH]c2c1. The fourth-order valence-corrected chi connectivity index (χ4v) is 1.48. The zero-order valence-corrected chi connectivity index (χ0v) is 7.95. The molecule has 1 aromatic carbocycles. The van der Waals surface area contributed by atoms with Crippen LogP contribution in [0.15, 0.2) is 31.0 Å². The van der Waals surface area contributed by atoms with E-state index in [-0.39, 0.29) is 5.75 Å². The van der Waals surface area contributed by atoms with Crippen LogP contribution in [0.2, 0.25) is 0 Å². The van der Waals surface area contributed by atoms with E-state index in [4.69, 9.17) is 0 Å². The number of carbonyl (C=O) groups excluding carboxylic acids is 1. The molecule has 0 unspecified atom stereocenters. The van der Waals surface area contributed by atoms with Crippen molar-refractivity contribution in [1.29, 1.82) is 0 Å². The molecule has 0 fully saturated rings. The molecule has 1 heterocycles. The Morgan fingerprint density at radius 2 is 2.33 bits per heavy atom. The first kappa shape index (κ1) is 9.33. The second-order valence-electron chi connectivity index (χ2n) is 3.18. The number of amides is 1. The molecule has 0 aliphatic carbocycles. The molecule has 76 valence electrons. The second-order valence-corrected chi connectivity index (χ2v) is 3.18. The molecule has 0 aliphatic rings. The highest BCUT2D eigenvalue weighted by Crippen LogP contribution is 2.27. The summed E-state index contributed by atoms with van der Waals surface area (Å²) in [6.45, 7) is 3.68. The lowest BCUT2D eigenvalue weighted by molar-refractivity contribution is -0.108. The summed E-state index contributed by atoms with van der Waals surface area (Å²) in [6.07, 6.45) is 2.29. The number of phenols is 1. The highest BCUT2D eigenvalue weighted by Gasteiger charge is 2.05. The van der Waals surface area contributed by atoms with Crippen LogP contribution >= 0.6 is 0 Å². The average molecular weight is 202 g/mol. The maximum Gasteiger partial charge on any atom is 0.211 e. The number of aromatic hydroxyl groups is 1. The van der Waals surface area contributed by atoms with Gasteiger partial charge in [-0.05, 0) is 18.2 Å². The lowest BCUT2D eigenvalue weighted by Gasteiger charge is -2.05. The monoisotopic (exact) mass is 202 g/mol. The van der Waals surface area contributed by atoms with E-state index in [0.717, 1.165) is 10.9 Å².